The van der Waals surface area contributed by atoms with Crippen LogP contribution < -0.4 is 5.32 Å². The topological polar surface area (TPSA) is 24.9 Å². The molecule has 118 valence electrons. The van der Waals surface area contributed by atoms with Crippen LogP contribution in [0.25, 0.3) is 0 Å². The maximum absolute atomic E-state index is 13.3. The molecule has 22 heavy (non-hydrogen) atoms. The highest BCUT2D eigenvalue weighted by Gasteiger charge is 2.21. The Morgan fingerprint density at radius 3 is 2.68 bits per heavy atom. The Kier molecular flexibility index (Phi) is 4.84. The van der Waals surface area contributed by atoms with E-state index in [4.69, 9.17) is 4.98 Å². The second kappa shape index (κ2) is 6.84. The SMILES string of the molecule is CCc1nc(Cc2ccc(F)c(F)c2)sc1C1CCNCC1. The van der Waals surface area contributed by atoms with Crippen LogP contribution in [0.2, 0.25) is 0 Å². The van der Waals surface area contributed by atoms with Gasteiger partial charge in [-0.05, 0) is 56.0 Å². The van der Waals surface area contributed by atoms with Gasteiger partial charge in [-0.2, -0.15) is 0 Å². The van der Waals surface area contributed by atoms with Crippen molar-refractivity contribution in [3.8, 4) is 0 Å². The van der Waals surface area contributed by atoms with E-state index >= 15 is 0 Å². The lowest BCUT2D eigenvalue weighted by atomic mass is 9.95. The molecular formula is C17H20F2N2S. The standard InChI is InChI=1S/C17H20F2N2S/c1-2-15-17(12-5-7-20-8-6-12)22-16(21-15)10-11-3-4-13(18)14(19)9-11/h3-4,9,12,20H,2,5-8,10H2,1H3. The van der Waals surface area contributed by atoms with Gasteiger partial charge in [0.15, 0.2) is 11.6 Å². The molecule has 1 aliphatic heterocycles. The molecule has 0 bridgehead atoms. The lowest BCUT2D eigenvalue weighted by Crippen LogP contribution is -2.26. The minimum absolute atomic E-state index is 0.569. The van der Waals surface area contributed by atoms with E-state index in [1.165, 1.54) is 22.7 Å². The summed E-state index contributed by atoms with van der Waals surface area (Å²) in [4.78, 5) is 6.12. The summed E-state index contributed by atoms with van der Waals surface area (Å²) >= 11 is 1.74. The van der Waals surface area contributed by atoms with Crippen molar-refractivity contribution in [1.29, 1.82) is 0 Å². The molecule has 3 rings (SSSR count). The Labute approximate surface area is 133 Å². The predicted octanol–water partition coefficient (Wildman–Crippen LogP) is 4.04. The van der Waals surface area contributed by atoms with Gasteiger partial charge in [0.25, 0.3) is 0 Å². The first-order valence-corrected chi connectivity index (χ1v) is 8.62. The van der Waals surface area contributed by atoms with Gasteiger partial charge in [-0.25, -0.2) is 13.8 Å². The van der Waals surface area contributed by atoms with Crippen LogP contribution in [0, 0.1) is 11.6 Å². The molecule has 2 heterocycles. The van der Waals surface area contributed by atoms with E-state index in [1.807, 2.05) is 0 Å². The fourth-order valence-corrected chi connectivity index (χ4v) is 4.33. The molecule has 1 aliphatic rings. The fourth-order valence-electron chi connectivity index (χ4n) is 2.97. The van der Waals surface area contributed by atoms with Gasteiger partial charge < -0.3 is 5.32 Å². The van der Waals surface area contributed by atoms with Crippen LogP contribution in [0.5, 0.6) is 0 Å². The van der Waals surface area contributed by atoms with Gasteiger partial charge in [0.05, 0.1) is 10.7 Å². The minimum atomic E-state index is -0.799. The molecule has 1 aromatic carbocycles. The number of aryl methyl sites for hydroxylation is 1. The Morgan fingerprint density at radius 1 is 1.23 bits per heavy atom. The first kappa shape index (κ1) is 15.6. The summed E-state index contributed by atoms with van der Waals surface area (Å²) < 4.78 is 26.3. The van der Waals surface area contributed by atoms with Gasteiger partial charge in [-0.15, -0.1) is 11.3 Å². The highest BCUT2D eigenvalue weighted by Crippen LogP contribution is 2.34. The first-order chi connectivity index (χ1) is 10.7. The number of benzene rings is 1. The van der Waals surface area contributed by atoms with Crippen molar-refractivity contribution in [2.75, 3.05) is 13.1 Å². The predicted molar refractivity (Wildman–Crippen MR) is 85.5 cm³/mol. The van der Waals surface area contributed by atoms with Gasteiger partial charge in [0, 0.05) is 11.3 Å². The van der Waals surface area contributed by atoms with Gasteiger partial charge in [-0.3, -0.25) is 0 Å². The average Bonchev–Trinajstić information content (AvgIpc) is 2.95. The van der Waals surface area contributed by atoms with Crippen molar-refractivity contribution in [2.24, 2.45) is 0 Å². The number of thiazole rings is 1. The van der Waals surface area contributed by atoms with Crippen LogP contribution in [-0.2, 0) is 12.8 Å². The van der Waals surface area contributed by atoms with Gasteiger partial charge in [0.2, 0.25) is 0 Å². The summed E-state index contributed by atoms with van der Waals surface area (Å²) in [6, 6.07) is 4.09. The van der Waals surface area contributed by atoms with E-state index < -0.39 is 11.6 Å². The highest BCUT2D eigenvalue weighted by molar-refractivity contribution is 7.11. The number of aromatic nitrogens is 1. The van der Waals surface area contributed by atoms with Crippen LogP contribution in [0.1, 0.15) is 46.8 Å². The zero-order chi connectivity index (χ0) is 15.5. The summed E-state index contributed by atoms with van der Waals surface area (Å²) in [6.45, 7) is 4.25. The number of hydrogen-bond acceptors (Lipinski definition) is 3. The first-order valence-electron chi connectivity index (χ1n) is 7.80. The number of halogens is 2. The average molecular weight is 322 g/mol. The Hall–Kier alpha value is -1.33. The van der Waals surface area contributed by atoms with Crippen LogP contribution in [0.4, 0.5) is 8.78 Å². The lowest BCUT2D eigenvalue weighted by molar-refractivity contribution is 0.463. The molecule has 0 amide bonds. The Bertz CT molecular complexity index is 648. The van der Waals surface area contributed by atoms with Crippen molar-refractivity contribution < 1.29 is 8.78 Å². The maximum atomic E-state index is 13.3. The smallest absolute Gasteiger partial charge is 0.159 e. The minimum Gasteiger partial charge on any atom is -0.317 e. The molecule has 1 saturated heterocycles. The number of rotatable bonds is 4. The third-order valence-corrected chi connectivity index (χ3v) is 5.42. The fraction of sp³-hybridized carbons (Fsp3) is 0.471. The molecule has 1 N–H and O–H groups in total. The quantitative estimate of drug-likeness (QED) is 0.919. The van der Waals surface area contributed by atoms with Crippen molar-refractivity contribution >= 4 is 11.3 Å². The lowest BCUT2D eigenvalue weighted by Gasteiger charge is -2.22. The van der Waals surface area contributed by atoms with E-state index in [0.29, 0.717) is 12.3 Å². The Morgan fingerprint density at radius 2 is 2.00 bits per heavy atom. The molecule has 0 atom stereocenters. The zero-order valence-corrected chi connectivity index (χ0v) is 13.5. The summed E-state index contributed by atoms with van der Waals surface area (Å²) in [5, 5.41) is 4.38. The van der Waals surface area contributed by atoms with Gasteiger partial charge in [0.1, 0.15) is 0 Å². The monoisotopic (exact) mass is 322 g/mol. The number of nitrogens with zero attached hydrogens (tertiary/aromatic N) is 1. The van der Waals surface area contributed by atoms with Crippen LogP contribution in [-0.4, -0.2) is 18.1 Å². The molecule has 0 aliphatic carbocycles. The van der Waals surface area contributed by atoms with Crippen LogP contribution in [0.15, 0.2) is 18.2 Å². The van der Waals surface area contributed by atoms with E-state index in [1.54, 1.807) is 17.4 Å². The van der Waals surface area contributed by atoms with E-state index in [-0.39, 0.29) is 0 Å². The van der Waals surface area contributed by atoms with Crippen LogP contribution in [0.3, 0.4) is 0 Å². The zero-order valence-electron chi connectivity index (χ0n) is 12.7. The second-order valence-electron chi connectivity index (χ2n) is 5.72. The molecule has 5 heteroatoms. The van der Waals surface area contributed by atoms with Gasteiger partial charge >= 0.3 is 0 Å². The van der Waals surface area contributed by atoms with Crippen molar-refractivity contribution in [3.05, 3.63) is 51.0 Å². The molecule has 1 fully saturated rings. The molecule has 0 radical (unpaired) electrons. The van der Waals surface area contributed by atoms with Crippen molar-refractivity contribution in [2.45, 2.75) is 38.5 Å². The summed E-state index contributed by atoms with van der Waals surface area (Å²) in [5.74, 6) is -0.997. The molecule has 0 unspecified atom stereocenters. The van der Waals surface area contributed by atoms with Gasteiger partial charge in [-0.1, -0.05) is 13.0 Å². The highest BCUT2D eigenvalue weighted by atomic mass is 32.1. The van der Waals surface area contributed by atoms with E-state index in [9.17, 15) is 8.78 Å². The number of piperidine rings is 1. The molecule has 0 spiro atoms. The number of nitrogens with one attached hydrogen (secondary N) is 1. The molecular weight excluding hydrogens is 302 g/mol. The maximum Gasteiger partial charge on any atom is 0.159 e. The summed E-state index contributed by atoms with van der Waals surface area (Å²) in [6.07, 6.45) is 3.80. The Balaban J connectivity index is 1.81. The third kappa shape index (κ3) is 3.36. The van der Waals surface area contributed by atoms with Crippen LogP contribution >= 0.6 is 11.3 Å². The third-order valence-electron chi connectivity index (χ3n) is 4.16. The van der Waals surface area contributed by atoms with Crippen molar-refractivity contribution in [3.63, 3.8) is 0 Å². The number of hydrogen-bond donors (Lipinski definition) is 1. The normalized spacial score (nSPS) is 16.1. The van der Waals surface area contributed by atoms with E-state index in [0.717, 1.165) is 42.9 Å². The largest absolute Gasteiger partial charge is 0.317 e. The molecule has 0 saturated carbocycles. The van der Waals surface area contributed by atoms with Crippen molar-refractivity contribution in [1.82, 2.24) is 10.3 Å². The summed E-state index contributed by atoms with van der Waals surface area (Å²) in [7, 11) is 0. The molecule has 2 aromatic rings. The summed E-state index contributed by atoms with van der Waals surface area (Å²) in [5.41, 5.74) is 1.95. The van der Waals surface area contributed by atoms with E-state index in [2.05, 4.69) is 12.2 Å². The second-order valence-corrected chi connectivity index (χ2v) is 6.84. The molecule has 1 aromatic heterocycles. The molecule has 2 nitrogen and oxygen atoms in total.